The fourth-order valence-corrected chi connectivity index (χ4v) is 2.07. The van der Waals surface area contributed by atoms with Crippen molar-refractivity contribution in [2.24, 2.45) is 0 Å². The molecule has 0 atom stereocenters. The van der Waals surface area contributed by atoms with Gasteiger partial charge in [0.05, 0.1) is 12.3 Å². The molecule has 1 aliphatic rings. The van der Waals surface area contributed by atoms with E-state index in [-0.39, 0.29) is 6.61 Å². The topological polar surface area (TPSA) is 50.9 Å². The number of nitrogens with zero attached hydrogens (tertiary/aromatic N) is 3. The van der Waals surface area contributed by atoms with Crippen LogP contribution in [0.2, 0.25) is 0 Å². The van der Waals surface area contributed by atoms with E-state index >= 15 is 0 Å². The molecule has 2 heterocycles. The lowest BCUT2D eigenvalue weighted by atomic mass is 10.2. The lowest BCUT2D eigenvalue weighted by Crippen LogP contribution is -2.02. The third-order valence-electron chi connectivity index (χ3n) is 3.22. The number of rotatable bonds is 3. The van der Waals surface area contributed by atoms with Gasteiger partial charge in [-0.3, -0.25) is 0 Å². The lowest BCUT2D eigenvalue weighted by Gasteiger charge is -2.06. The van der Waals surface area contributed by atoms with E-state index in [4.69, 9.17) is 0 Å². The van der Waals surface area contributed by atoms with Gasteiger partial charge in [0.2, 0.25) is 0 Å². The summed E-state index contributed by atoms with van der Waals surface area (Å²) in [5, 5.41) is 13.6. The van der Waals surface area contributed by atoms with Crippen LogP contribution in [-0.2, 0) is 6.61 Å². The second kappa shape index (κ2) is 3.96. The first-order valence-corrected chi connectivity index (χ1v) is 5.91. The van der Waals surface area contributed by atoms with Crippen LogP contribution in [0, 0.1) is 6.92 Å². The van der Waals surface area contributed by atoms with Gasteiger partial charge in [0.25, 0.3) is 0 Å². The maximum absolute atomic E-state index is 9.20. The maximum atomic E-state index is 9.20. The van der Waals surface area contributed by atoms with Crippen molar-refractivity contribution in [3.63, 3.8) is 0 Å². The summed E-state index contributed by atoms with van der Waals surface area (Å²) >= 11 is 0. The fraction of sp³-hybridized carbons (Fsp3) is 0.385. The Bertz CT molecular complexity index is 543. The highest BCUT2D eigenvalue weighted by molar-refractivity contribution is 5.39. The molecule has 2 aromatic rings. The molecule has 0 amide bonds. The van der Waals surface area contributed by atoms with E-state index < -0.39 is 0 Å². The summed E-state index contributed by atoms with van der Waals surface area (Å²) < 4.78 is 1.79. The molecular formula is C13H15N3O. The Morgan fingerprint density at radius 2 is 2.29 bits per heavy atom. The van der Waals surface area contributed by atoms with E-state index in [1.807, 2.05) is 19.2 Å². The predicted molar refractivity (Wildman–Crippen MR) is 64.0 cm³/mol. The van der Waals surface area contributed by atoms with Gasteiger partial charge in [0.15, 0.2) is 5.82 Å². The van der Waals surface area contributed by atoms with Gasteiger partial charge in [-0.2, -0.15) is 5.10 Å². The molecule has 1 aliphatic carbocycles. The van der Waals surface area contributed by atoms with E-state index in [9.17, 15) is 5.11 Å². The van der Waals surface area contributed by atoms with Crippen molar-refractivity contribution >= 4 is 0 Å². The van der Waals surface area contributed by atoms with Crippen LogP contribution in [0.15, 0.2) is 24.5 Å². The van der Waals surface area contributed by atoms with Crippen molar-refractivity contribution in [1.29, 1.82) is 0 Å². The third kappa shape index (κ3) is 1.85. The Morgan fingerprint density at radius 3 is 2.94 bits per heavy atom. The monoisotopic (exact) mass is 229 g/mol. The van der Waals surface area contributed by atoms with Gasteiger partial charge in [-0.1, -0.05) is 6.07 Å². The minimum atomic E-state index is 0.0252. The highest BCUT2D eigenvalue weighted by atomic mass is 16.3. The molecule has 0 aliphatic heterocycles. The summed E-state index contributed by atoms with van der Waals surface area (Å²) in [5.41, 5.74) is 2.98. The zero-order valence-corrected chi connectivity index (χ0v) is 9.80. The van der Waals surface area contributed by atoms with Gasteiger partial charge in [0, 0.05) is 18.0 Å². The van der Waals surface area contributed by atoms with Crippen LogP contribution in [0.1, 0.15) is 35.6 Å². The highest BCUT2D eigenvalue weighted by Crippen LogP contribution is 2.41. The van der Waals surface area contributed by atoms with Crippen LogP contribution in [0.4, 0.5) is 0 Å². The normalized spacial score (nSPS) is 15.2. The smallest absolute Gasteiger partial charge is 0.156 e. The molecular weight excluding hydrogens is 214 g/mol. The number of pyridine rings is 1. The van der Waals surface area contributed by atoms with Crippen molar-refractivity contribution < 1.29 is 5.11 Å². The minimum absolute atomic E-state index is 0.0252. The Hall–Kier alpha value is -1.68. The standard InChI is InChI=1S/C13H15N3O/c1-9-11(8-17)7-16(15-9)13-12(10-4-5-10)3-2-6-14-13/h2-3,6-7,10,17H,4-5,8H2,1H3. The molecule has 4 heteroatoms. The summed E-state index contributed by atoms with van der Waals surface area (Å²) in [6.45, 7) is 1.93. The number of aryl methyl sites for hydroxylation is 1. The first kappa shape index (κ1) is 10.5. The minimum Gasteiger partial charge on any atom is -0.392 e. The van der Waals surface area contributed by atoms with Crippen LogP contribution >= 0.6 is 0 Å². The first-order chi connectivity index (χ1) is 8.29. The molecule has 0 aromatic carbocycles. The van der Waals surface area contributed by atoms with Crippen molar-refractivity contribution in [2.45, 2.75) is 32.3 Å². The van der Waals surface area contributed by atoms with E-state index in [1.54, 1.807) is 10.9 Å². The number of hydrogen-bond donors (Lipinski definition) is 1. The summed E-state index contributed by atoms with van der Waals surface area (Å²) in [6, 6.07) is 4.09. The molecule has 1 saturated carbocycles. The number of aliphatic hydroxyl groups excluding tert-OH is 1. The van der Waals surface area contributed by atoms with E-state index in [0.717, 1.165) is 17.1 Å². The van der Waals surface area contributed by atoms with E-state index in [2.05, 4.69) is 16.1 Å². The molecule has 4 nitrogen and oxygen atoms in total. The molecule has 3 rings (SSSR count). The van der Waals surface area contributed by atoms with Crippen LogP contribution in [0.25, 0.3) is 5.82 Å². The summed E-state index contributed by atoms with van der Waals surface area (Å²) in [7, 11) is 0. The predicted octanol–water partition coefficient (Wildman–Crippen LogP) is 1.95. The number of aliphatic hydroxyl groups is 1. The second-order valence-corrected chi connectivity index (χ2v) is 4.53. The lowest BCUT2D eigenvalue weighted by molar-refractivity contribution is 0.281. The van der Waals surface area contributed by atoms with E-state index in [0.29, 0.717) is 5.92 Å². The largest absolute Gasteiger partial charge is 0.392 e. The van der Waals surface area contributed by atoms with Gasteiger partial charge < -0.3 is 5.11 Å². The van der Waals surface area contributed by atoms with Gasteiger partial charge >= 0.3 is 0 Å². The Morgan fingerprint density at radius 1 is 1.47 bits per heavy atom. The average molecular weight is 229 g/mol. The molecule has 2 aromatic heterocycles. The Labute approximate surface area is 99.9 Å². The average Bonchev–Trinajstić information content (AvgIpc) is 3.13. The SMILES string of the molecule is Cc1nn(-c2ncccc2C2CC2)cc1CO. The van der Waals surface area contributed by atoms with Crippen molar-refractivity contribution in [2.75, 3.05) is 0 Å². The summed E-state index contributed by atoms with van der Waals surface area (Å²) in [5.74, 6) is 1.54. The quantitative estimate of drug-likeness (QED) is 0.875. The van der Waals surface area contributed by atoms with Gasteiger partial charge in [-0.25, -0.2) is 9.67 Å². The highest BCUT2D eigenvalue weighted by Gasteiger charge is 2.27. The van der Waals surface area contributed by atoms with Crippen LogP contribution < -0.4 is 0 Å². The molecule has 0 bridgehead atoms. The van der Waals surface area contributed by atoms with Gasteiger partial charge in [0.1, 0.15) is 0 Å². The molecule has 1 N–H and O–H groups in total. The first-order valence-electron chi connectivity index (χ1n) is 5.91. The van der Waals surface area contributed by atoms with Gasteiger partial charge in [-0.15, -0.1) is 0 Å². The van der Waals surface area contributed by atoms with Crippen molar-refractivity contribution in [3.8, 4) is 5.82 Å². The maximum Gasteiger partial charge on any atom is 0.156 e. The zero-order chi connectivity index (χ0) is 11.8. The number of aromatic nitrogens is 3. The Kier molecular flexibility index (Phi) is 2.44. The molecule has 0 saturated heterocycles. The third-order valence-corrected chi connectivity index (χ3v) is 3.22. The van der Waals surface area contributed by atoms with Crippen LogP contribution in [-0.4, -0.2) is 19.9 Å². The molecule has 1 fully saturated rings. The second-order valence-electron chi connectivity index (χ2n) is 4.53. The van der Waals surface area contributed by atoms with Crippen LogP contribution in [0.3, 0.4) is 0 Å². The molecule has 17 heavy (non-hydrogen) atoms. The van der Waals surface area contributed by atoms with E-state index in [1.165, 1.54) is 18.4 Å². The fourth-order valence-electron chi connectivity index (χ4n) is 2.07. The molecule has 0 spiro atoms. The zero-order valence-electron chi connectivity index (χ0n) is 9.80. The molecule has 0 unspecified atom stereocenters. The Balaban J connectivity index is 2.07. The van der Waals surface area contributed by atoms with Crippen LogP contribution in [0.5, 0.6) is 0 Å². The molecule has 88 valence electrons. The summed E-state index contributed by atoms with van der Waals surface area (Å²) in [6.07, 6.45) is 6.14. The van der Waals surface area contributed by atoms with Crippen molar-refractivity contribution in [3.05, 3.63) is 41.3 Å². The number of hydrogen-bond acceptors (Lipinski definition) is 3. The molecule has 0 radical (unpaired) electrons. The summed E-state index contributed by atoms with van der Waals surface area (Å²) in [4.78, 5) is 4.42. The van der Waals surface area contributed by atoms with Gasteiger partial charge in [-0.05, 0) is 37.3 Å². The van der Waals surface area contributed by atoms with Crippen molar-refractivity contribution in [1.82, 2.24) is 14.8 Å².